The van der Waals surface area contributed by atoms with Crippen LogP contribution < -0.4 is 10.6 Å². The first kappa shape index (κ1) is 22.6. The van der Waals surface area contributed by atoms with Crippen LogP contribution in [0.2, 0.25) is 0 Å². The van der Waals surface area contributed by atoms with Gasteiger partial charge in [0.1, 0.15) is 10.6 Å². The fraction of sp³-hybridized carbons (Fsp3) is 0.280. The molecule has 31 heavy (non-hydrogen) atoms. The molecule has 0 aliphatic rings. The first-order valence-electron chi connectivity index (χ1n) is 10.6. The minimum absolute atomic E-state index is 0.106. The van der Waals surface area contributed by atoms with Crippen molar-refractivity contribution in [3.63, 3.8) is 0 Å². The van der Waals surface area contributed by atoms with Crippen LogP contribution in [0.15, 0.2) is 60.0 Å². The van der Waals surface area contributed by atoms with Gasteiger partial charge >= 0.3 is 5.97 Å². The molecule has 1 aromatic heterocycles. The highest BCUT2D eigenvalue weighted by molar-refractivity contribution is 7.15. The van der Waals surface area contributed by atoms with Crippen LogP contribution in [0.25, 0.3) is 11.1 Å². The van der Waals surface area contributed by atoms with Gasteiger partial charge < -0.3 is 15.4 Å². The molecule has 0 spiro atoms. The van der Waals surface area contributed by atoms with Gasteiger partial charge in [0.2, 0.25) is 5.91 Å². The summed E-state index contributed by atoms with van der Waals surface area (Å²) in [5, 5.41) is 8.38. The van der Waals surface area contributed by atoms with Gasteiger partial charge in [0, 0.05) is 16.6 Å². The first-order chi connectivity index (χ1) is 15.1. The lowest BCUT2D eigenvalue weighted by atomic mass is 10.0. The van der Waals surface area contributed by atoms with Crippen molar-refractivity contribution in [2.24, 2.45) is 0 Å². The number of nitrogens with one attached hydrogen (secondary N) is 2. The number of hydrogen-bond donors (Lipinski definition) is 2. The number of ether oxygens (including phenoxy) is 1. The van der Waals surface area contributed by atoms with Gasteiger partial charge in [-0.05, 0) is 43.0 Å². The third-order valence-electron chi connectivity index (χ3n) is 4.83. The Kier molecular flexibility index (Phi) is 8.24. The van der Waals surface area contributed by atoms with Gasteiger partial charge in [-0.15, -0.1) is 11.3 Å². The maximum atomic E-state index is 12.6. The van der Waals surface area contributed by atoms with Crippen LogP contribution in [0, 0.1) is 0 Å². The molecular formula is C25H28N2O3S. The normalized spacial score (nSPS) is 10.5. The van der Waals surface area contributed by atoms with E-state index in [1.54, 1.807) is 6.92 Å². The minimum Gasteiger partial charge on any atom is -0.462 e. The van der Waals surface area contributed by atoms with Gasteiger partial charge in [-0.25, -0.2) is 4.79 Å². The molecule has 0 saturated heterocycles. The van der Waals surface area contributed by atoms with Crippen molar-refractivity contribution in [1.29, 1.82) is 0 Å². The number of unbranched alkanes of at least 4 members (excludes halogenated alkanes) is 1. The first-order valence-corrected chi connectivity index (χ1v) is 11.5. The van der Waals surface area contributed by atoms with Gasteiger partial charge in [-0.2, -0.15) is 0 Å². The van der Waals surface area contributed by atoms with Crippen LogP contribution in [0.5, 0.6) is 0 Å². The van der Waals surface area contributed by atoms with Gasteiger partial charge in [0.05, 0.1) is 13.2 Å². The molecule has 0 aliphatic carbocycles. The van der Waals surface area contributed by atoms with Crippen molar-refractivity contribution in [3.8, 4) is 11.1 Å². The lowest BCUT2D eigenvalue weighted by Gasteiger charge is -2.10. The number of rotatable bonds is 10. The van der Waals surface area contributed by atoms with E-state index in [1.165, 1.54) is 29.7 Å². The lowest BCUT2D eigenvalue weighted by molar-refractivity contribution is -0.114. The van der Waals surface area contributed by atoms with Crippen LogP contribution in [0.3, 0.4) is 0 Å². The SMILES string of the molecule is CCCCc1ccc(NCC(=O)Nc2scc(-c3ccccc3)c2C(=O)OCC)cc1. The molecule has 0 unspecified atom stereocenters. The summed E-state index contributed by atoms with van der Waals surface area (Å²) in [4.78, 5) is 25.2. The van der Waals surface area contributed by atoms with Crippen molar-refractivity contribution in [1.82, 2.24) is 0 Å². The van der Waals surface area contributed by atoms with Crippen molar-refractivity contribution in [2.75, 3.05) is 23.8 Å². The number of anilines is 2. The molecule has 3 aromatic rings. The predicted octanol–water partition coefficient (Wildman–Crippen LogP) is 5.99. The number of carbonyl (C=O) groups is 2. The Bertz CT molecular complexity index is 997. The van der Waals surface area contributed by atoms with Crippen LogP contribution >= 0.6 is 11.3 Å². The van der Waals surface area contributed by atoms with E-state index in [-0.39, 0.29) is 19.1 Å². The predicted molar refractivity (Wildman–Crippen MR) is 128 cm³/mol. The van der Waals surface area contributed by atoms with Gasteiger partial charge in [0.15, 0.2) is 0 Å². The molecule has 3 rings (SSSR count). The summed E-state index contributed by atoms with van der Waals surface area (Å²) in [7, 11) is 0. The van der Waals surface area contributed by atoms with E-state index in [9.17, 15) is 9.59 Å². The summed E-state index contributed by atoms with van der Waals surface area (Å²) in [6.07, 6.45) is 3.41. The van der Waals surface area contributed by atoms with E-state index < -0.39 is 5.97 Å². The molecule has 2 aromatic carbocycles. The standard InChI is InChI=1S/C25H28N2O3S/c1-3-5-9-18-12-14-20(15-13-18)26-16-22(28)27-24-23(25(29)30-4-2)21(17-31-24)19-10-7-6-8-11-19/h6-8,10-15,17,26H,3-5,9,16H2,1-2H3,(H,27,28). The molecule has 0 saturated carbocycles. The molecule has 0 fully saturated rings. The van der Waals surface area contributed by atoms with Gasteiger partial charge in [0.25, 0.3) is 0 Å². The molecule has 0 bridgehead atoms. The zero-order chi connectivity index (χ0) is 22.1. The molecule has 6 heteroatoms. The van der Waals surface area contributed by atoms with E-state index in [2.05, 4.69) is 29.7 Å². The Morgan fingerprint density at radius 3 is 2.42 bits per heavy atom. The Morgan fingerprint density at radius 1 is 1.00 bits per heavy atom. The van der Waals surface area contributed by atoms with Crippen molar-refractivity contribution < 1.29 is 14.3 Å². The zero-order valence-corrected chi connectivity index (χ0v) is 18.8. The number of hydrogen-bond acceptors (Lipinski definition) is 5. The van der Waals surface area contributed by atoms with Crippen LogP contribution in [-0.4, -0.2) is 25.0 Å². The van der Waals surface area contributed by atoms with E-state index in [0.717, 1.165) is 23.2 Å². The van der Waals surface area contributed by atoms with Crippen LogP contribution in [0.1, 0.15) is 42.6 Å². The summed E-state index contributed by atoms with van der Waals surface area (Å²) in [5.74, 6) is -0.657. The summed E-state index contributed by atoms with van der Waals surface area (Å²) in [6, 6.07) is 17.8. The van der Waals surface area contributed by atoms with Crippen LogP contribution in [-0.2, 0) is 16.0 Å². The van der Waals surface area contributed by atoms with E-state index in [0.29, 0.717) is 10.6 Å². The Hall–Kier alpha value is -3.12. The summed E-state index contributed by atoms with van der Waals surface area (Å²) >= 11 is 1.32. The number of thiophene rings is 1. The average molecular weight is 437 g/mol. The summed E-state index contributed by atoms with van der Waals surface area (Å²) < 4.78 is 5.24. The highest BCUT2D eigenvalue weighted by Gasteiger charge is 2.22. The minimum atomic E-state index is -0.437. The molecule has 2 N–H and O–H groups in total. The quantitative estimate of drug-likeness (QED) is 0.383. The topological polar surface area (TPSA) is 67.4 Å². The molecule has 5 nitrogen and oxygen atoms in total. The Labute approximate surface area is 187 Å². The highest BCUT2D eigenvalue weighted by Crippen LogP contribution is 2.36. The monoisotopic (exact) mass is 436 g/mol. The molecule has 162 valence electrons. The second kappa shape index (κ2) is 11.3. The molecule has 0 radical (unpaired) electrons. The number of carbonyl (C=O) groups excluding carboxylic acids is 2. The molecule has 1 heterocycles. The number of amides is 1. The Balaban J connectivity index is 1.68. The average Bonchev–Trinajstić information content (AvgIpc) is 3.21. The highest BCUT2D eigenvalue weighted by atomic mass is 32.1. The third kappa shape index (κ3) is 6.18. The fourth-order valence-electron chi connectivity index (χ4n) is 3.21. The molecule has 0 atom stereocenters. The zero-order valence-electron chi connectivity index (χ0n) is 17.9. The molecule has 1 amide bonds. The van der Waals surface area contributed by atoms with E-state index in [1.807, 2.05) is 47.8 Å². The fourth-order valence-corrected chi connectivity index (χ4v) is 4.18. The molecular weight excluding hydrogens is 408 g/mol. The number of esters is 1. The molecule has 0 aliphatic heterocycles. The van der Waals surface area contributed by atoms with E-state index in [4.69, 9.17) is 4.74 Å². The third-order valence-corrected chi connectivity index (χ3v) is 5.73. The Morgan fingerprint density at radius 2 is 1.74 bits per heavy atom. The van der Waals surface area contributed by atoms with Crippen molar-refractivity contribution in [3.05, 3.63) is 71.1 Å². The summed E-state index contributed by atoms with van der Waals surface area (Å²) in [5.41, 5.74) is 4.24. The number of benzene rings is 2. The van der Waals surface area contributed by atoms with Crippen molar-refractivity contribution >= 4 is 33.9 Å². The second-order valence-electron chi connectivity index (χ2n) is 7.14. The number of aryl methyl sites for hydroxylation is 1. The van der Waals surface area contributed by atoms with Gasteiger partial charge in [-0.1, -0.05) is 55.8 Å². The maximum Gasteiger partial charge on any atom is 0.341 e. The lowest BCUT2D eigenvalue weighted by Crippen LogP contribution is -2.22. The van der Waals surface area contributed by atoms with Crippen molar-refractivity contribution in [2.45, 2.75) is 33.1 Å². The summed E-state index contributed by atoms with van der Waals surface area (Å²) in [6.45, 7) is 4.32. The smallest absolute Gasteiger partial charge is 0.341 e. The second-order valence-corrected chi connectivity index (χ2v) is 8.02. The van der Waals surface area contributed by atoms with Gasteiger partial charge in [-0.3, -0.25) is 4.79 Å². The maximum absolute atomic E-state index is 12.6. The van der Waals surface area contributed by atoms with E-state index >= 15 is 0 Å². The largest absolute Gasteiger partial charge is 0.462 e. The van der Waals surface area contributed by atoms with Crippen LogP contribution in [0.4, 0.5) is 10.7 Å².